The van der Waals surface area contributed by atoms with E-state index in [2.05, 4.69) is 4.99 Å². The summed E-state index contributed by atoms with van der Waals surface area (Å²) in [6.07, 6.45) is 5.93. The molecule has 1 saturated carbocycles. The molecule has 98 valence electrons. The highest BCUT2D eigenvalue weighted by Gasteiger charge is 2.20. The molecule has 1 aliphatic carbocycles. The predicted molar refractivity (Wildman–Crippen MR) is 76.0 cm³/mol. The van der Waals surface area contributed by atoms with Crippen LogP contribution in [-0.4, -0.2) is 23.4 Å². The van der Waals surface area contributed by atoms with Gasteiger partial charge in [-0.2, -0.15) is 0 Å². The summed E-state index contributed by atoms with van der Waals surface area (Å²) in [6.45, 7) is 0. The molecule has 2 rings (SSSR count). The molecule has 0 unspecified atom stereocenters. The van der Waals surface area contributed by atoms with Gasteiger partial charge in [0.05, 0.1) is 11.1 Å². The van der Waals surface area contributed by atoms with Crippen LogP contribution in [0.25, 0.3) is 0 Å². The fourth-order valence-electron chi connectivity index (χ4n) is 2.19. The highest BCUT2D eigenvalue weighted by atomic mass is 35.5. The molecular weight excluding hydrogens is 271 g/mol. The number of hydrogen-bond acceptors (Lipinski definition) is 3. The van der Waals surface area contributed by atoms with Crippen molar-refractivity contribution in [3.8, 4) is 5.75 Å². The first-order valence-corrected chi connectivity index (χ1v) is 6.80. The number of nitrogens with two attached hydrogens (primary N) is 1. The monoisotopic (exact) mass is 286 g/mol. The van der Waals surface area contributed by atoms with Crippen LogP contribution in [0.3, 0.4) is 0 Å². The van der Waals surface area contributed by atoms with Gasteiger partial charge >= 0.3 is 0 Å². The first-order chi connectivity index (χ1) is 8.58. The summed E-state index contributed by atoms with van der Waals surface area (Å²) in [5.74, 6) is 0.00852. The normalized spacial score (nSPS) is 24.6. The second kappa shape index (κ2) is 5.91. The SMILES string of the molecule is N[C@@H]1CCCC[C@H]1N=Cc1cc(Cl)cc(Cl)c1O. The fraction of sp³-hybridized carbons (Fsp3) is 0.462. The Bertz CT molecular complexity index is 463. The average Bonchev–Trinajstić information content (AvgIpc) is 2.33. The minimum atomic E-state index is 0.00852. The van der Waals surface area contributed by atoms with E-state index >= 15 is 0 Å². The number of aliphatic imine (C=N–C) groups is 1. The van der Waals surface area contributed by atoms with Crippen molar-refractivity contribution in [2.75, 3.05) is 0 Å². The molecule has 0 bridgehead atoms. The number of hydrogen-bond donors (Lipinski definition) is 2. The Labute approximate surface area is 117 Å². The molecule has 0 amide bonds. The van der Waals surface area contributed by atoms with Gasteiger partial charge in [0, 0.05) is 22.8 Å². The van der Waals surface area contributed by atoms with Gasteiger partial charge in [-0.25, -0.2) is 0 Å². The van der Waals surface area contributed by atoms with Crippen LogP contribution in [0.4, 0.5) is 0 Å². The highest BCUT2D eigenvalue weighted by molar-refractivity contribution is 6.36. The van der Waals surface area contributed by atoms with Gasteiger partial charge in [0.1, 0.15) is 5.75 Å². The summed E-state index contributed by atoms with van der Waals surface area (Å²) in [7, 11) is 0. The van der Waals surface area contributed by atoms with E-state index in [4.69, 9.17) is 28.9 Å². The van der Waals surface area contributed by atoms with Crippen molar-refractivity contribution in [2.24, 2.45) is 10.7 Å². The lowest BCUT2D eigenvalue weighted by molar-refractivity contribution is 0.387. The van der Waals surface area contributed by atoms with Gasteiger partial charge in [-0.3, -0.25) is 4.99 Å². The zero-order valence-electron chi connectivity index (χ0n) is 9.94. The van der Waals surface area contributed by atoms with Crippen molar-refractivity contribution in [3.05, 3.63) is 27.7 Å². The molecule has 3 N–H and O–H groups in total. The molecule has 0 aromatic heterocycles. The van der Waals surface area contributed by atoms with Crippen molar-refractivity contribution >= 4 is 29.4 Å². The van der Waals surface area contributed by atoms with Gasteiger partial charge in [0.2, 0.25) is 0 Å². The summed E-state index contributed by atoms with van der Waals surface area (Å²) in [6, 6.07) is 3.37. The number of halogens is 2. The van der Waals surface area contributed by atoms with E-state index in [9.17, 15) is 5.11 Å². The van der Waals surface area contributed by atoms with E-state index in [0.29, 0.717) is 10.6 Å². The standard InChI is InChI=1S/C13H16Cl2N2O/c14-9-5-8(13(18)10(15)6-9)7-17-12-4-2-1-3-11(12)16/h5-7,11-12,18H,1-4,16H2/t11-,12-/m1/s1. The number of aromatic hydroxyl groups is 1. The molecule has 0 radical (unpaired) electrons. The van der Waals surface area contributed by atoms with Gasteiger partial charge in [0.15, 0.2) is 0 Å². The van der Waals surface area contributed by atoms with Crippen LogP contribution in [0, 0.1) is 0 Å². The van der Waals surface area contributed by atoms with Crippen LogP contribution in [-0.2, 0) is 0 Å². The Hall–Kier alpha value is -0.770. The minimum absolute atomic E-state index is 0.00852. The van der Waals surface area contributed by atoms with Crippen LogP contribution in [0.5, 0.6) is 5.75 Å². The second-order valence-corrected chi connectivity index (χ2v) is 5.46. The molecule has 2 atom stereocenters. The molecule has 0 heterocycles. The summed E-state index contributed by atoms with van der Waals surface area (Å²) in [5.41, 5.74) is 6.55. The van der Waals surface area contributed by atoms with Crippen LogP contribution in [0.15, 0.2) is 17.1 Å². The van der Waals surface area contributed by atoms with Gasteiger partial charge in [-0.15, -0.1) is 0 Å². The van der Waals surface area contributed by atoms with Gasteiger partial charge in [0.25, 0.3) is 0 Å². The number of benzene rings is 1. The fourth-order valence-corrected chi connectivity index (χ4v) is 2.69. The largest absolute Gasteiger partial charge is 0.506 e. The maximum absolute atomic E-state index is 9.80. The molecule has 18 heavy (non-hydrogen) atoms. The Morgan fingerprint density at radius 1 is 1.28 bits per heavy atom. The van der Waals surface area contributed by atoms with Crippen molar-refractivity contribution in [1.82, 2.24) is 0 Å². The number of phenolic OH excluding ortho intramolecular Hbond substituents is 1. The molecule has 1 aromatic carbocycles. The molecule has 0 saturated heterocycles. The Morgan fingerprint density at radius 2 is 2.00 bits per heavy atom. The number of rotatable bonds is 2. The quantitative estimate of drug-likeness (QED) is 0.819. The van der Waals surface area contributed by atoms with Crippen LogP contribution < -0.4 is 5.73 Å². The molecule has 0 aliphatic heterocycles. The van der Waals surface area contributed by atoms with Crippen LogP contribution >= 0.6 is 23.2 Å². The van der Waals surface area contributed by atoms with Gasteiger partial charge < -0.3 is 10.8 Å². The van der Waals surface area contributed by atoms with Crippen molar-refractivity contribution in [2.45, 2.75) is 37.8 Å². The molecule has 3 nitrogen and oxygen atoms in total. The third-order valence-corrected chi connectivity index (χ3v) is 3.75. The van der Waals surface area contributed by atoms with E-state index in [1.807, 2.05) is 0 Å². The van der Waals surface area contributed by atoms with E-state index < -0.39 is 0 Å². The van der Waals surface area contributed by atoms with Crippen molar-refractivity contribution in [1.29, 1.82) is 0 Å². The van der Waals surface area contributed by atoms with Gasteiger partial charge in [-0.05, 0) is 25.0 Å². The predicted octanol–water partition coefficient (Wildman–Crippen LogP) is 3.39. The zero-order chi connectivity index (χ0) is 13.1. The summed E-state index contributed by atoms with van der Waals surface area (Å²) < 4.78 is 0. The first kappa shape index (κ1) is 13.7. The summed E-state index contributed by atoms with van der Waals surface area (Å²) in [4.78, 5) is 4.45. The van der Waals surface area contributed by atoms with E-state index in [1.165, 1.54) is 12.5 Å². The third-order valence-electron chi connectivity index (χ3n) is 3.24. The number of phenols is 1. The molecule has 1 fully saturated rings. The molecule has 1 aliphatic rings. The van der Waals surface area contributed by atoms with E-state index in [-0.39, 0.29) is 22.9 Å². The van der Waals surface area contributed by atoms with Crippen LogP contribution in [0.1, 0.15) is 31.2 Å². The second-order valence-electron chi connectivity index (χ2n) is 4.62. The highest BCUT2D eigenvalue weighted by Crippen LogP contribution is 2.30. The Balaban J connectivity index is 2.17. The molecule has 5 heteroatoms. The van der Waals surface area contributed by atoms with Crippen molar-refractivity contribution in [3.63, 3.8) is 0 Å². The van der Waals surface area contributed by atoms with Gasteiger partial charge in [-0.1, -0.05) is 36.0 Å². The summed E-state index contributed by atoms with van der Waals surface area (Å²) >= 11 is 11.7. The Morgan fingerprint density at radius 3 is 2.72 bits per heavy atom. The lowest BCUT2D eigenvalue weighted by Gasteiger charge is -2.25. The molecule has 1 aromatic rings. The smallest absolute Gasteiger partial charge is 0.143 e. The average molecular weight is 287 g/mol. The topological polar surface area (TPSA) is 58.6 Å². The van der Waals surface area contributed by atoms with Crippen molar-refractivity contribution < 1.29 is 5.11 Å². The Kier molecular flexibility index (Phi) is 4.49. The first-order valence-electron chi connectivity index (χ1n) is 6.04. The lowest BCUT2D eigenvalue weighted by atomic mass is 9.91. The van der Waals surface area contributed by atoms with E-state index in [0.717, 1.165) is 19.3 Å². The molecular formula is C13H16Cl2N2O. The minimum Gasteiger partial charge on any atom is -0.506 e. The summed E-state index contributed by atoms with van der Waals surface area (Å²) in [5, 5.41) is 10.5. The number of nitrogens with zero attached hydrogens (tertiary/aromatic N) is 1. The maximum atomic E-state index is 9.80. The third kappa shape index (κ3) is 3.16. The zero-order valence-corrected chi connectivity index (χ0v) is 11.5. The van der Waals surface area contributed by atoms with E-state index in [1.54, 1.807) is 12.3 Å². The maximum Gasteiger partial charge on any atom is 0.143 e. The molecule has 0 spiro atoms. The van der Waals surface area contributed by atoms with Crippen LogP contribution in [0.2, 0.25) is 10.0 Å². The lowest BCUT2D eigenvalue weighted by Crippen LogP contribution is -2.36.